The molecule has 1 aliphatic heterocycles. The van der Waals surface area contributed by atoms with E-state index in [0.29, 0.717) is 24.2 Å². The summed E-state index contributed by atoms with van der Waals surface area (Å²) in [4.78, 5) is 26.2. The first-order chi connectivity index (χ1) is 14.5. The number of hydrogen-bond acceptors (Lipinski definition) is 6. The smallest absolute Gasteiger partial charge is 0.336 e. The van der Waals surface area contributed by atoms with E-state index in [-0.39, 0.29) is 23.6 Å². The van der Waals surface area contributed by atoms with Crippen LogP contribution in [0.3, 0.4) is 0 Å². The number of Topliss-reactive ketones (excluding diaryl/α,β-unsaturated/α-hetero) is 1. The van der Waals surface area contributed by atoms with Crippen molar-refractivity contribution >= 4 is 23.1 Å². The average Bonchev–Trinajstić information content (AvgIpc) is 3.27. The third-order valence-corrected chi connectivity index (χ3v) is 6.49. The van der Waals surface area contributed by atoms with Crippen molar-refractivity contribution in [1.82, 2.24) is 5.32 Å². The number of hydrogen-bond donors (Lipinski definition) is 1. The average molecular weight is 424 g/mol. The van der Waals surface area contributed by atoms with E-state index in [0.717, 1.165) is 34.7 Å². The summed E-state index contributed by atoms with van der Waals surface area (Å²) in [6.45, 7) is 3.97. The monoisotopic (exact) mass is 423 g/mol. The first kappa shape index (κ1) is 20.4. The molecule has 1 aromatic carbocycles. The van der Waals surface area contributed by atoms with Crippen molar-refractivity contribution in [3.05, 3.63) is 74.8 Å². The molecule has 0 amide bonds. The van der Waals surface area contributed by atoms with Crippen LogP contribution in [0.4, 0.5) is 0 Å². The Labute approximate surface area is 180 Å². The van der Waals surface area contributed by atoms with E-state index >= 15 is 0 Å². The van der Waals surface area contributed by atoms with Crippen molar-refractivity contribution in [2.45, 2.75) is 38.5 Å². The number of ketones is 1. The topological polar surface area (TPSA) is 64.6 Å². The van der Waals surface area contributed by atoms with Crippen LogP contribution in [0.5, 0.6) is 5.75 Å². The standard InChI is InChI=1S/C24H25NO4S/c1-4-29-24(27)21-14(2)25-19-11-17(15-5-7-18(28-3)8-6-15)12-20(26)23(19)22(21)16-9-10-30-13-16/h5-10,13,17,22,25H,4,11-12H2,1-3H3/t17-,22+/m1/s1. The van der Waals surface area contributed by atoms with E-state index in [9.17, 15) is 9.59 Å². The van der Waals surface area contributed by atoms with Gasteiger partial charge < -0.3 is 14.8 Å². The van der Waals surface area contributed by atoms with Crippen molar-refractivity contribution < 1.29 is 19.1 Å². The van der Waals surface area contributed by atoms with Crippen LogP contribution < -0.4 is 10.1 Å². The lowest BCUT2D eigenvalue weighted by Crippen LogP contribution is -2.36. The lowest BCUT2D eigenvalue weighted by Gasteiger charge is -2.36. The fourth-order valence-corrected chi connectivity index (χ4v) is 5.09. The van der Waals surface area contributed by atoms with Crippen molar-refractivity contribution in [3.8, 4) is 5.75 Å². The maximum Gasteiger partial charge on any atom is 0.336 e. The van der Waals surface area contributed by atoms with Gasteiger partial charge in [-0.05, 0) is 66.3 Å². The minimum Gasteiger partial charge on any atom is -0.497 e. The summed E-state index contributed by atoms with van der Waals surface area (Å²) in [5, 5.41) is 7.35. The second-order valence-electron chi connectivity index (χ2n) is 7.57. The van der Waals surface area contributed by atoms with E-state index < -0.39 is 0 Å². The predicted octanol–water partition coefficient (Wildman–Crippen LogP) is 4.68. The molecule has 1 N–H and O–H groups in total. The molecule has 0 saturated carbocycles. The number of methoxy groups -OCH3 is 1. The predicted molar refractivity (Wildman–Crippen MR) is 117 cm³/mol. The summed E-state index contributed by atoms with van der Waals surface area (Å²) in [6.07, 6.45) is 1.14. The Hall–Kier alpha value is -2.86. The van der Waals surface area contributed by atoms with Crippen molar-refractivity contribution in [1.29, 1.82) is 0 Å². The molecule has 2 aliphatic rings. The second-order valence-corrected chi connectivity index (χ2v) is 8.35. The molecule has 0 bridgehead atoms. The molecule has 156 valence electrons. The molecule has 6 heteroatoms. The Morgan fingerprint density at radius 1 is 1.17 bits per heavy atom. The van der Waals surface area contributed by atoms with Gasteiger partial charge in [0.15, 0.2) is 5.78 Å². The fraction of sp³-hybridized carbons (Fsp3) is 0.333. The third kappa shape index (κ3) is 3.67. The first-order valence-electron chi connectivity index (χ1n) is 10.1. The maximum atomic E-state index is 13.4. The van der Waals surface area contributed by atoms with Gasteiger partial charge in [-0.15, -0.1) is 0 Å². The zero-order valence-corrected chi connectivity index (χ0v) is 18.2. The fourth-order valence-electron chi connectivity index (χ4n) is 4.40. The number of ether oxygens (including phenoxy) is 2. The number of dihydropyridines is 1. The highest BCUT2D eigenvalue weighted by Crippen LogP contribution is 2.46. The molecule has 4 rings (SSSR count). The molecular weight excluding hydrogens is 398 g/mol. The van der Waals surface area contributed by atoms with Gasteiger partial charge in [-0.3, -0.25) is 4.79 Å². The van der Waals surface area contributed by atoms with Gasteiger partial charge in [0, 0.05) is 29.3 Å². The van der Waals surface area contributed by atoms with Crippen LogP contribution in [0, 0.1) is 0 Å². The van der Waals surface area contributed by atoms with E-state index in [2.05, 4.69) is 5.32 Å². The Balaban J connectivity index is 1.73. The van der Waals surface area contributed by atoms with Gasteiger partial charge in [-0.25, -0.2) is 4.79 Å². The zero-order valence-electron chi connectivity index (χ0n) is 17.4. The molecule has 2 aromatic rings. The van der Waals surface area contributed by atoms with Crippen molar-refractivity contribution in [2.24, 2.45) is 0 Å². The summed E-state index contributed by atoms with van der Waals surface area (Å²) in [7, 11) is 1.64. The summed E-state index contributed by atoms with van der Waals surface area (Å²) >= 11 is 1.56. The highest BCUT2D eigenvalue weighted by atomic mass is 32.1. The van der Waals surface area contributed by atoms with Crippen LogP contribution in [0.2, 0.25) is 0 Å². The van der Waals surface area contributed by atoms with Gasteiger partial charge >= 0.3 is 5.97 Å². The minimum atomic E-state index is -0.379. The minimum absolute atomic E-state index is 0.0788. The van der Waals surface area contributed by atoms with E-state index in [1.54, 1.807) is 25.4 Å². The van der Waals surface area contributed by atoms with Gasteiger partial charge in [0.25, 0.3) is 0 Å². The van der Waals surface area contributed by atoms with Crippen LogP contribution >= 0.6 is 11.3 Å². The molecule has 0 radical (unpaired) electrons. The zero-order chi connectivity index (χ0) is 21.3. The van der Waals surface area contributed by atoms with Crippen molar-refractivity contribution in [2.75, 3.05) is 13.7 Å². The number of benzene rings is 1. The van der Waals surface area contributed by atoms with Gasteiger partial charge in [-0.1, -0.05) is 12.1 Å². The van der Waals surface area contributed by atoms with E-state index in [1.165, 1.54) is 0 Å². The summed E-state index contributed by atoms with van der Waals surface area (Å²) in [6, 6.07) is 9.88. The number of carbonyl (C=O) groups excluding carboxylic acids is 2. The Bertz CT molecular complexity index is 1020. The Morgan fingerprint density at radius 2 is 1.93 bits per heavy atom. The third-order valence-electron chi connectivity index (χ3n) is 5.79. The number of allylic oxidation sites excluding steroid dienone is 3. The maximum absolute atomic E-state index is 13.4. The number of carbonyl (C=O) groups is 2. The van der Waals surface area contributed by atoms with Gasteiger partial charge in [0.05, 0.1) is 19.3 Å². The van der Waals surface area contributed by atoms with Crippen LogP contribution in [0.1, 0.15) is 49.7 Å². The molecule has 1 aromatic heterocycles. The number of esters is 1. The van der Waals surface area contributed by atoms with Crippen LogP contribution in [-0.2, 0) is 14.3 Å². The Morgan fingerprint density at radius 3 is 2.57 bits per heavy atom. The molecule has 30 heavy (non-hydrogen) atoms. The van der Waals surface area contributed by atoms with Gasteiger partial charge in [0.1, 0.15) is 5.75 Å². The van der Waals surface area contributed by atoms with Crippen LogP contribution in [0.15, 0.2) is 63.6 Å². The summed E-state index contributed by atoms with van der Waals surface area (Å²) < 4.78 is 10.6. The quantitative estimate of drug-likeness (QED) is 0.708. The molecule has 2 heterocycles. The second kappa shape index (κ2) is 8.48. The van der Waals surface area contributed by atoms with E-state index in [1.807, 2.05) is 48.0 Å². The molecule has 0 fully saturated rings. The summed E-state index contributed by atoms with van der Waals surface area (Å²) in [5.41, 5.74) is 4.98. The van der Waals surface area contributed by atoms with Crippen LogP contribution in [0.25, 0.3) is 0 Å². The lowest BCUT2D eigenvalue weighted by atomic mass is 9.72. The molecule has 2 atom stereocenters. The molecular formula is C24H25NO4S. The molecule has 0 unspecified atom stereocenters. The first-order valence-corrected chi connectivity index (χ1v) is 11.0. The van der Waals surface area contributed by atoms with Gasteiger partial charge in [-0.2, -0.15) is 11.3 Å². The van der Waals surface area contributed by atoms with Crippen molar-refractivity contribution in [3.63, 3.8) is 0 Å². The molecule has 0 spiro atoms. The van der Waals surface area contributed by atoms with Crippen LogP contribution in [-0.4, -0.2) is 25.5 Å². The van der Waals surface area contributed by atoms with E-state index in [4.69, 9.17) is 9.47 Å². The highest BCUT2D eigenvalue weighted by molar-refractivity contribution is 7.08. The normalized spacial score (nSPS) is 21.2. The SMILES string of the molecule is CCOC(=O)C1=C(C)NC2=C(C(=O)C[C@H](c3ccc(OC)cc3)C2)[C@H]1c1ccsc1. The highest BCUT2D eigenvalue weighted by Gasteiger charge is 2.41. The molecule has 0 saturated heterocycles. The van der Waals surface area contributed by atoms with Gasteiger partial charge in [0.2, 0.25) is 0 Å². The number of thiophene rings is 1. The molecule has 1 aliphatic carbocycles. The number of rotatable bonds is 5. The lowest BCUT2D eigenvalue weighted by molar-refractivity contribution is -0.138. The summed E-state index contributed by atoms with van der Waals surface area (Å²) in [5.74, 6) is 0.225. The Kier molecular flexibility index (Phi) is 5.77. The molecule has 5 nitrogen and oxygen atoms in total. The number of nitrogens with one attached hydrogen (secondary N) is 1. The largest absolute Gasteiger partial charge is 0.497 e.